The third-order valence-electron chi connectivity index (χ3n) is 3.36. The molecule has 0 saturated heterocycles. The molecule has 1 aliphatic rings. The number of aliphatic hydroxyl groups excluding tert-OH is 1. The lowest BCUT2D eigenvalue weighted by molar-refractivity contribution is -0.156. The molecule has 0 bridgehead atoms. The van der Waals surface area contributed by atoms with Crippen LogP contribution in [0.15, 0.2) is 24.3 Å². The Morgan fingerprint density at radius 1 is 1.47 bits per heavy atom. The zero-order chi connectivity index (χ0) is 12.3. The van der Waals surface area contributed by atoms with Gasteiger partial charge >= 0.3 is 5.97 Å². The molecule has 0 heterocycles. The number of aliphatic hydroxyl groups is 1. The van der Waals surface area contributed by atoms with Gasteiger partial charge in [0.2, 0.25) is 0 Å². The molecule has 1 aromatic rings. The van der Waals surface area contributed by atoms with Crippen molar-refractivity contribution in [1.82, 2.24) is 0 Å². The Morgan fingerprint density at radius 3 is 2.88 bits per heavy atom. The van der Waals surface area contributed by atoms with Crippen molar-refractivity contribution >= 4 is 5.97 Å². The average Bonchev–Trinajstić information content (AvgIpc) is 2.37. The number of aryl methyl sites for hydroxylation is 1. The lowest BCUT2D eigenvalue weighted by atomic mass is 9.81. The van der Waals surface area contributed by atoms with E-state index in [1.807, 2.05) is 12.1 Å². The lowest BCUT2D eigenvalue weighted by Gasteiger charge is -2.27. The van der Waals surface area contributed by atoms with Crippen molar-refractivity contribution in [2.75, 3.05) is 6.61 Å². The van der Waals surface area contributed by atoms with Crippen molar-refractivity contribution in [2.24, 2.45) is 5.92 Å². The maximum Gasteiger partial charge on any atom is 0.335 e. The van der Waals surface area contributed by atoms with E-state index in [-0.39, 0.29) is 5.92 Å². The maximum absolute atomic E-state index is 11.5. The van der Waals surface area contributed by atoms with Crippen molar-refractivity contribution in [3.8, 4) is 0 Å². The van der Waals surface area contributed by atoms with Gasteiger partial charge in [-0.05, 0) is 43.2 Å². The van der Waals surface area contributed by atoms with Crippen LogP contribution in [0.5, 0.6) is 0 Å². The molecule has 0 aromatic heterocycles. The van der Waals surface area contributed by atoms with Crippen LogP contribution >= 0.6 is 0 Å². The van der Waals surface area contributed by atoms with Gasteiger partial charge in [0.15, 0.2) is 6.10 Å². The summed E-state index contributed by atoms with van der Waals surface area (Å²) in [6, 6.07) is 8.21. The highest BCUT2D eigenvalue weighted by Gasteiger charge is 2.30. The molecule has 2 rings (SSSR count). The van der Waals surface area contributed by atoms with Gasteiger partial charge in [-0.25, -0.2) is 4.79 Å². The predicted octanol–water partition coefficient (Wildman–Crippen LogP) is 1.72. The zero-order valence-corrected chi connectivity index (χ0v) is 10.1. The van der Waals surface area contributed by atoms with Crippen LogP contribution in [-0.4, -0.2) is 23.8 Å². The molecule has 0 aliphatic heterocycles. The minimum Gasteiger partial charge on any atom is -0.464 e. The number of benzene rings is 1. The Morgan fingerprint density at radius 2 is 2.18 bits per heavy atom. The average molecular weight is 234 g/mol. The second kappa shape index (κ2) is 5.32. The van der Waals surface area contributed by atoms with Crippen LogP contribution in [0, 0.1) is 5.92 Å². The van der Waals surface area contributed by atoms with E-state index in [9.17, 15) is 9.90 Å². The van der Waals surface area contributed by atoms with E-state index in [4.69, 9.17) is 4.74 Å². The fraction of sp³-hybridized carbons (Fsp3) is 0.500. The van der Waals surface area contributed by atoms with E-state index in [1.54, 1.807) is 6.92 Å². The number of hydrogen-bond acceptors (Lipinski definition) is 3. The second-order valence-electron chi connectivity index (χ2n) is 4.47. The van der Waals surface area contributed by atoms with E-state index in [2.05, 4.69) is 12.1 Å². The number of ether oxygens (including phenoxy) is 1. The normalized spacial score (nSPS) is 20.5. The van der Waals surface area contributed by atoms with Crippen LogP contribution in [0.1, 0.15) is 24.5 Å². The molecule has 0 radical (unpaired) electrons. The summed E-state index contributed by atoms with van der Waals surface area (Å²) in [6.07, 6.45) is 1.55. The fourth-order valence-corrected chi connectivity index (χ4v) is 2.42. The van der Waals surface area contributed by atoms with Gasteiger partial charge in [0.1, 0.15) is 0 Å². The van der Waals surface area contributed by atoms with Crippen molar-refractivity contribution in [1.29, 1.82) is 0 Å². The molecule has 0 amide bonds. The first-order valence-electron chi connectivity index (χ1n) is 6.14. The molecular weight excluding hydrogens is 216 g/mol. The van der Waals surface area contributed by atoms with Crippen LogP contribution in [0.25, 0.3) is 0 Å². The van der Waals surface area contributed by atoms with E-state index in [1.165, 1.54) is 11.1 Å². The first kappa shape index (κ1) is 12.1. The van der Waals surface area contributed by atoms with Gasteiger partial charge in [-0.15, -0.1) is 0 Å². The van der Waals surface area contributed by atoms with Gasteiger partial charge in [0, 0.05) is 0 Å². The molecule has 92 valence electrons. The highest BCUT2D eigenvalue weighted by Crippen LogP contribution is 2.27. The molecule has 3 heteroatoms. The van der Waals surface area contributed by atoms with Crippen LogP contribution in [0.4, 0.5) is 0 Å². The lowest BCUT2D eigenvalue weighted by Crippen LogP contribution is -2.34. The van der Waals surface area contributed by atoms with Gasteiger partial charge in [0.05, 0.1) is 6.61 Å². The minimum absolute atomic E-state index is 0.0102. The second-order valence-corrected chi connectivity index (χ2v) is 4.47. The van der Waals surface area contributed by atoms with E-state index < -0.39 is 12.1 Å². The Hall–Kier alpha value is -1.35. The summed E-state index contributed by atoms with van der Waals surface area (Å²) in [5, 5.41) is 9.92. The molecular formula is C14H18O3. The smallest absolute Gasteiger partial charge is 0.335 e. The van der Waals surface area contributed by atoms with Gasteiger partial charge in [-0.3, -0.25) is 0 Å². The van der Waals surface area contributed by atoms with Gasteiger partial charge < -0.3 is 9.84 Å². The molecule has 1 aromatic carbocycles. The fourth-order valence-electron chi connectivity index (χ4n) is 2.42. The van der Waals surface area contributed by atoms with Crippen LogP contribution in [0.2, 0.25) is 0 Å². The van der Waals surface area contributed by atoms with Gasteiger partial charge in [-0.1, -0.05) is 24.3 Å². The number of fused-ring (bicyclic) bond motifs is 1. The third kappa shape index (κ3) is 2.67. The Labute approximate surface area is 101 Å². The Kier molecular flexibility index (Phi) is 3.79. The molecule has 2 unspecified atom stereocenters. The summed E-state index contributed by atoms with van der Waals surface area (Å²) in [4.78, 5) is 11.5. The number of rotatable bonds is 3. The largest absolute Gasteiger partial charge is 0.464 e. The maximum atomic E-state index is 11.5. The summed E-state index contributed by atoms with van der Waals surface area (Å²) < 4.78 is 4.86. The first-order chi connectivity index (χ1) is 8.22. The highest BCUT2D eigenvalue weighted by atomic mass is 16.5. The first-order valence-corrected chi connectivity index (χ1v) is 6.14. The number of carbonyl (C=O) groups is 1. The van der Waals surface area contributed by atoms with E-state index >= 15 is 0 Å². The Balaban J connectivity index is 2.04. The Bertz CT molecular complexity index is 400. The number of hydrogen-bond donors (Lipinski definition) is 1. The van der Waals surface area contributed by atoms with Crippen molar-refractivity contribution in [2.45, 2.75) is 32.3 Å². The topological polar surface area (TPSA) is 46.5 Å². The SMILES string of the molecule is CCOC(=O)C(O)C1CCc2ccccc2C1. The van der Waals surface area contributed by atoms with E-state index in [0.717, 1.165) is 19.3 Å². The number of carbonyl (C=O) groups excluding carboxylic acids is 1. The van der Waals surface area contributed by atoms with Crippen LogP contribution in [-0.2, 0) is 22.4 Å². The molecule has 2 atom stereocenters. The molecule has 17 heavy (non-hydrogen) atoms. The van der Waals surface area contributed by atoms with Crippen molar-refractivity contribution in [3.63, 3.8) is 0 Å². The van der Waals surface area contributed by atoms with Crippen molar-refractivity contribution < 1.29 is 14.6 Å². The molecule has 0 saturated carbocycles. The quantitative estimate of drug-likeness (QED) is 0.810. The standard InChI is InChI=1S/C14H18O3/c1-2-17-14(16)13(15)12-8-7-10-5-3-4-6-11(10)9-12/h3-6,12-13,15H,2,7-9H2,1H3. The minimum atomic E-state index is -0.983. The summed E-state index contributed by atoms with van der Waals surface area (Å²) >= 11 is 0. The molecule has 1 aliphatic carbocycles. The molecule has 3 nitrogen and oxygen atoms in total. The third-order valence-corrected chi connectivity index (χ3v) is 3.36. The summed E-state index contributed by atoms with van der Waals surface area (Å²) in [6.45, 7) is 2.07. The molecule has 0 fully saturated rings. The van der Waals surface area contributed by atoms with E-state index in [0.29, 0.717) is 6.61 Å². The van der Waals surface area contributed by atoms with Gasteiger partial charge in [0.25, 0.3) is 0 Å². The predicted molar refractivity (Wildman–Crippen MR) is 64.6 cm³/mol. The van der Waals surface area contributed by atoms with Gasteiger partial charge in [-0.2, -0.15) is 0 Å². The molecule has 1 N–H and O–H groups in total. The summed E-state index contributed by atoms with van der Waals surface area (Å²) in [5.41, 5.74) is 2.58. The van der Waals surface area contributed by atoms with Crippen molar-refractivity contribution in [3.05, 3.63) is 35.4 Å². The summed E-state index contributed by atoms with van der Waals surface area (Å²) in [7, 11) is 0. The molecule has 0 spiro atoms. The zero-order valence-electron chi connectivity index (χ0n) is 10.1. The highest BCUT2D eigenvalue weighted by molar-refractivity contribution is 5.74. The number of esters is 1. The monoisotopic (exact) mass is 234 g/mol. The summed E-state index contributed by atoms with van der Waals surface area (Å²) in [5.74, 6) is -0.499. The van der Waals surface area contributed by atoms with Crippen LogP contribution in [0.3, 0.4) is 0 Å². The van der Waals surface area contributed by atoms with Crippen LogP contribution < -0.4 is 0 Å².